The molecule has 0 N–H and O–H groups in total. The smallest absolute Gasteiger partial charge is 0.349 e. The molecule has 0 fully saturated rings. The summed E-state index contributed by atoms with van der Waals surface area (Å²) in [5.74, 6) is 0.586. The van der Waals surface area contributed by atoms with Crippen molar-refractivity contribution in [2.75, 3.05) is 6.61 Å². The van der Waals surface area contributed by atoms with Crippen LogP contribution in [0.4, 0.5) is 0 Å². The first-order valence-corrected chi connectivity index (χ1v) is 8.07. The molecule has 23 heavy (non-hydrogen) atoms. The van der Waals surface area contributed by atoms with Gasteiger partial charge in [-0.25, -0.2) is 4.79 Å². The van der Waals surface area contributed by atoms with Gasteiger partial charge in [-0.1, -0.05) is 57.9 Å². The van der Waals surface area contributed by atoms with E-state index >= 15 is 0 Å². The Morgan fingerprint density at radius 1 is 1.00 bits per heavy atom. The standard InChI is InChI=1S/C18H12BrClO3/c19-12-4-3-5-13(10-12)22-11-18(21)23-17-9-8-16(20)14-6-1-2-7-15(14)17/h1-10H,11H2. The Morgan fingerprint density at radius 2 is 1.78 bits per heavy atom. The molecule has 0 radical (unpaired) electrons. The molecule has 0 bridgehead atoms. The second-order valence-electron chi connectivity index (χ2n) is 4.81. The number of halogens is 2. The molecule has 3 nitrogen and oxygen atoms in total. The lowest BCUT2D eigenvalue weighted by Crippen LogP contribution is -2.17. The van der Waals surface area contributed by atoms with Gasteiger partial charge in [0.15, 0.2) is 6.61 Å². The molecular formula is C18H12BrClO3. The van der Waals surface area contributed by atoms with Gasteiger partial charge in [0.05, 0.1) is 0 Å². The lowest BCUT2D eigenvalue weighted by Gasteiger charge is -2.10. The first-order valence-electron chi connectivity index (χ1n) is 6.90. The van der Waals surface area contributed by atoms with E-state index in [4.69, 9.17) is 21.1 Å². The molecule has 0 aromatic heterocycles. The van der Waals surface area contributed by atoms with Crippen LogP contribution in [0.25, 0.3) is 10.8 Å². The van der Waals surface area contributed by atoms with E-state index in [9.17, 15) is 4.79 Å². The Morgan fingerprint density at radius 3 is 2.57 bits per heavy atom. The Hall–Kier alpha value is -2.04. The predicted molar refractivity (Wildman–Crippen MR) is 94.2 cm³/mol. The van der Waals surface area contributed by atoms with Crippen LogP contribution in [0.2, 0.25) is 5.02 Å². The summed E-state index contributed by atoms with van der Waals surface area (Å²) in [5.41, 5.74) is 0. The van der Waals surface area contributed by atoms with Crippen LogP contribution in [0, 0.1) is 0 Å². The fourth-order valence-electron chi connectivity index (χ4n) is 2.17. The van der Waals surface area contributed by atoms with Crippen molar-refractivity contribution in [2.24, 2.45) is 0 Å². The average Bonchev–Trinajstić information content (AvgIpc) is 2.56. The molecule has 0 heterocycles. The van der Waals surface area contributed by atoms with E-state index in [1.165, 1.54) is 0 Å². The van der Waals surface area contributed by atoms with E-state index < -0.39 is 5.97 Å². The number of benzene rings is 3. The van der Waals surface area contributed by atoms with E-state index in [1.54, 1.807) is 24.3 Å². The van der Waals surface area contributed by atoms with Crippen LogP contribution in [0.3, 0.4) is 0 Å². The maximum absolute atomic E-state index is 12.0. The molecule has 0 amide bonds. The van der Waals surface area contributed by atoms with E-state index in [-0.39, 0.29) is 6.61 Å². The van der Waals surface area contributed by atoms with Gasteiger partial charge in [0.1, 0.15) is 11.5 Å². The third-order valence-electron chi connectivity index (χ3n) is 3.21. The van der Waals surface area contributed by atoms with Crippen molar-refractivity contribution in [2.45, 2.75) is 0 Å². The SMILES string of the molecule is O=C(COc1cccc(Br)c1)Oc1ccc(Cl)c2ccccc12. The molecule has 0 spiro atoms. The third kappa shape index (κ3) is 3.84. The first-order chi connectivity index (χ1) is 11.1. The van der Waals surface area contributed by atoms with Crippen molar-refractivity contribution in [1.82, 2.24) is 0 Å². The van der Waals surface area contributed by atoms with Crippen LogP contribution in [-0.4, -0.2) is 12.6 Å². The number of carbonyl (C=O) groups excluding carboxylic acids is 1. The normalized spacial score (nSPS) is 10.5. The van der Waals surface area contributed by atoms with Gasteiger partial charge in [-0.15, -0.1) is 0 Å². The summed E-state index contributed by atoms with van der Waals surface area (Å²) in [6.07, 6.45) is 0. The fraction of sp³-hybridized carbons (Fsp3) is 0.0556. The molecule has 3 aromatic rings. The van der Waals surface area contributed by atoms with E-state index in [0.717, 1.165) is 15.2 Å². The highest BCUT2D eigenvalue weighted by molar-refractivity contribution is 9.10. The minimum absolute atomic E-state index is 0.173. The topological polar surface area (TPSA) is 35.5 Å². The number of esters is 1. The third-order valence-corrected chi connectivity index (χ3v) is 4.03. The monoisotopic (exact) mass is 390 g/mol. The van der Waals surface area contributed by atoms with Crippen LogP contribution in [-0.2, 0) is 4.79 Å². The summed E-state index contributed by atoms with van der Waals surface area (Å²) < 4.78 is 11.7. The van der Waals surface area contributed by atoms with E-state index in [1.807, 2.05) is 36.4 Å². The molecule has 0 aliphatic heterocycles. The number of fused-ring (bicyclic) bond motifs is 1. The number of hydrogen-bond donors (Lipinski definition) is 0. The van der Waals surface area contributed by atoms with Gasteiger partial charge in [-0.3, -0.25) is 0 Å². The second-order valence-corrected chi connectivity index (χ2v) is 6.13. The highest BCUT2D eigenvalue weighted by atomic mass is 79.9. The maximum atomic E-state index is 12.0. The number of carbonyl (C=O) groups is 1. The van der Waals surface area contributed by atoms with Crippen molar-refractivity contribution >= 4 is 44.3 Å². The number of rotatable bonds is 4. The molecule has 0 saturated carbocycles. The van der Waals surface area contributed by atoms with Gasteiger partial charge in [-0.05, 0) is 30.3 Å². The largest absolute Gasteiger partial charge is 0.482 e. The number of ether oxygens (including phenoxy) is 2. The molecule has 0 aliphatic rings. The molecule has 0 atom stereocenters. The number of hydrogen-bond acceptors (Lipinski definition) is 3. The van der Waals surface area contributed by atoms with Crippen LogP contribution >= 0.6 is 27.5 Å². The van der Waals surface area contributed by atoms with E-state index in [0.29, 0.717) is 16.5 Å². The quantitative estimate of drug-likeness (QED) is 0.451. The van der Waals surface area contributed by atoms with Gasteiger partial charge in [0.25, 0.3) is 0 Å². The lowest BCUT2D eigenvalue weighted by atomic mass is 10.1. The fourth-order valence-corrected chi connectivity index (χ4v) is 2.78. The summed E-state index contributed by atoms with van der Waals surface area (Å²) in [4.78, 5) is 12.0. The van der Waals surface area contributed by atoms with Crippen molar-refractivity contribution in [3.05, 3.63) is 70.2 Å². The Bertz CT molecular complexity index is 864. The van der Waals surface area contributed by atoms with Crippen molar-refractivity contribution in [3.63, 3.8) is 0 Å². The van der Waals surface area contributed by atoms with E-state index in [2.05, 4.69) is 15.9 Å². The maximum Gasteiger partial charge on any atom is 0.349 e. The molecular weight excluding hydrogens is 380 g/mol. The summed E-state index contributed by atoms with van der Waals surface area (Å²) in [7, 11) is 0. The highest BCUT2D eigenvalue weighted by Gasteiger charge is 2.11. The molecule has 0 saturated heterocycles. The molecule has 0 unspecified atom stereocenters. The average molecular weight is 392 g/mol. The van der Waals surface area contributed by atoms with Crippen LogP contribution in [0.1, 0.15) is 0 Å². The van der Waals surface area contributed by atoms with Crippen molar-refractivity contribution in [3.8, 4) is 11.5 Å². The van der Waals surface area contributed by atoms with Gasteiger partial charge in [0, 0.05) is 20.3 Å². The lowest BCUT2D eigenvalue weighted by molar-refractivity contribution is -0.136. The Kier molecular flexibility index (Phi) is 4.84. The van der Waals surface area contributed by atoms with Crippen LogP contribution < -0.4 is 9.47 Å². The molecule has 0 aliphatic carbocycles. The summed E-state index contributed by atoms with van der Waals surface area (Å²) in [6.45, 7) is -0.173. The minimum Gasteiger partial charge on any atom is -0.482 e. The van der Waals surface area contributed by atoms with Gasteiger partial charge in [-0.2, -0.15) is 0 Å². The van der Waals surface area contributed by atoms with Gasteiger partial charge < -0.3 is 9.47 Å². The molecule has 5 heteroatoms. The Balaban J connectivity index is 1.72. The highest BCUT2D eigenvalue weighted by Crippen LogP contribution is 2.31. The van der Waals surface area contributed by atoms with Crippen LogP contribution in [0.5, 0.6) is 11.5 Å². The molecule has 116 valence electrons. The Labute approximate surface area is 146 Å². The summed E-state index contributed by atoms with van der Waals surface area (Å²) >= 11 is 9.50. The minimum atomic E-state index is -0.475. The molecule has 3 rings (SSSR count). The summed E-state index contributed by atoms with van der Waals surface area (Å²) in [5, 5.41) is 2.24. The predicted octanol–water partition coefficient (Wildman–Crippen LogP) is 5.24. The zero-order valence-corrected chi connectivity index (χ0v) is 14.3. The van der Waals surface area contributed by atoms with Crippen molar-refractivity contribution in [1.29, 1.82) is 0 Å². The summed E-state index contributed by atoms with van der Waals surface area (Å²) in [6, 6.07) is 18.2. The zero-order valence-electron chi connectivity index (χ0n) is 12.0. The van der Waals surface area contributed by atoms with Crippen LogP contribution in [0.15, 0.2) is 65.1 Å². The van der Waals surface area contributed by atoms with Crippen molar-refractivity contribution < 1.29 is 14.3 Å². The molecule has 3 aromatic carbocycles. The first kappa shape index (κ1) is 15.8. The van der Waals surface area contributed by atoms with Gasteiger partial charge >= 0.3 is 5.97 Å². The second kappa shape index (κ2) is 7.02. The zero-order chi connectivity index (χ0) is 16.2. The van der Waals surface area contributed by atoms with Gasteiger partial charge in [0.2, 0.25) is 0 Å².